The maximum atomic E-state index is 13.0. The molecule has 5 rings (SSSR count). The number of methoxy groups -OCH3 is 1. The van der Waals surface area contributed by atoms with E-state index in [9.17, 15) is 13.2 Å². The summed E-state index contributed by atoms with van der Waals surface area (Å²) in [4.78, 5) is 12.8. The molecule has 0 fully saturated rings. The predicted octanol–water partition coefficient (Wildman–Crippen LogP) is 4.25. The number of esters is 1. The highest BCUT2D eigenvalue weighted by atomic mass is 32.2. The summed E-state index contributed by atoms with van der Waals surface area (Å²) in [5, 5.41) is 3.48. The topological polar surface area (TPSA) is 72.9 Å². The van der Waals surface area contributed by atoms with Gasteiger partial charge in [0.2, 0.25) is 0 Å². The fraction of sp³-hybridized carbons (Fsp3) is 0.125. The smallest absolute Gasteiger partial charge is 0.327 e. The van der Waals surface area contributed by atoms with Crippen molar-refractivity contribution < 1.29 is 22.7 Å². The van der Waals surface area contributed by atoms with Gasteiger partial charge >= 0.3 is 5.97 Å². The van der Waals surface area contributed by atoms with E-state index in [1.54, 1.807) is 31.4 Å². The zero-order valence-electron chi connectivity index (χ0n) is 16.7. The molecule has 0 aliphatic carbocycles. The van der Waals surface area contributed by atoms with Gasteiger partial charge in [-0.05, 0) is 52.1 Å². The maximum Gasteiger partial charge on any atom is 0.327 e. The lowest BCUT2D eigenvalue weighted by molar-refractivity contribution is -0.143. The van der Waals surface area contributed by atoms with Gasteiger partial charge in [0.25, 0.3) is 10.0 Å². The number of carbonyl (C=O) groups is 1. The highest BCUT2D eigenvalue weighted by molar-refractivity contribution is 7.93. The molecular weight excluding hydrogens is 414 g/mol. The van der Waals surface area contributed by atoms with Gasteiger partial charge in [0.1, 0.15) is 18.9 Å². The second-order valence-electron chi connectivity index (χ2n) is 7.35. The van der Waals surface area contributed by atoms with E-state index in [2.05, 4.69) is 0 Å². The van der Waals surface area contributed by atoms with E-state index in [0.29, 0.717) is 11.1 Å². The monoisotopic (exact) mass is 433 g/mol. The molecule has 31 heavy (non-hydrogen) atoms. The highest BCUT2D eigenvalue weighted by Gasteiger charge is 2.36. The summed E-state index contributed by atoms with van der Waals surface area (Å²) in [7, 11) is -2.17. The first kappa shape index (κ1) is 19.4. The molecule has 156 valence electrons. The second kappa shape index (κ2) is 7.28. The van der Waals surface area contributed by atoms with Crippen molar-refractivity contribution >= 4 is 43.2 Å². The lowest BCUT2D eigenvalue weighted by atomic mass is 10.1. The molecule has 0 unspecified atom stereocenters. The number of nitrogens with zero attached hydrogens (tertiary/aromatic N) is 1. The van der Waals surface area contributed by atoms with Crippen LogP contribution in [0.5, 0.6) is 5.75 Å². The molecule has 0 aromatic heterocycles. The molecule has 0 spiro atoms. The van der Waals surface area contributed by atoms with E-state index in [1.807, 2.05) is 48.5 Å². The molecule has 0 amide bonds. The summed E-state index contributed by atoms with van der Waals surface area (Å²) >= 11 is 0. The Hall–Kier alpha value is -3.58. The Morgan fingerprint density at radius 3 is 2.45 bits per heavy atom. The van der Waals surface area contributed by atoms with Gasteiger partial charge in [-0.15, -0.1) is 0 Å². The molecule has 4 aromatic rings. The van der Waals surface area contributed by atoms with E-state index < -0.39 is 16.0 Å². The van der Waals surface area contributed by atoms with Crippen LogP contribution >= 0.6 is 0 Å². The number of fused-ring (bicyclic) bond motifs is 1. The molecule has 1 aliphatic rings. The van der Waals surface area contributed by atoms with Gasteiger partial charge in [-0.25, -0.2) is 8.42 Å². The molecule has 0 saturated heterocycles. The number of hydrogen-bond acceptors (Lipinski definition) is 5. The quantitative estimate of drug-likeness (QED) is 0.440. The Balaban J connectivity index is 1.33. The lowest BCUT2D eigenvalue weighted by Crippen LogP contribution is -2.33. The molecule has 6 nitrogen and oxygen atoms in total. The summed E-state index contributed by atoms with van der Waals surface area (Å²) in [5.74, 6) is 0.165. The van der Waals surface area contributed by atoms with Crippen molar-refractivity contribution in [3.05, 3.63) is 78.4 Å². The minimum absolute atomic E-state index is 0.0613. The van der Waals surface area contributed by atoms with E-state index in [1.165, 1.54) is 0 Å². The van der Waals surface area contributed by atoms with Crippen LogP contribution in [-0.2, 0) is 26.2 Å². The Labute approximate surface area is 179 Å². The van der Waals surface area contributed by atoms with E-state index in [0.717, 1.165) is 31.8 Å². The number of anilines is 1. The highest BCUT2D eigenvalue weighted by Crippen LogP contribution is 2.41. The van der Waals surface area contributed by atoms with Gasteiger partial charge in [0.05, 0.1) is 17.7 Å². The van der Waals surface area contributed by atoms with Crippen LogP contribution in [0.25, 0.3) is 21.5 Å². The largest absolute Gasteiger partial charge is 0.497 e. The number of sulfonamides is 1. The van der Waals surface area contributed by atoms with Crippen molar-refractivity contribution in [2.24, 2.45) is 0 Å². The first-order chi connectivity index (χ1) is 15.0. The Bertz CT molecular complexity index is 1440. The van der Waals surface area contributed by atoms with E-state index >= 15 is 0 Å². The first-order valence-electron chi connectivity index (χ1n) is 9.74. The van der Waals surface area contributed by atoms with Crippen molar-refractivity contribution in [1.29, 1.82) is 0 Å². The minimum atomic E-state index is -3.79. The summed E-state index contributed by atoms with van der Waals surface area (Å²) in [5.41, 5.74) is 1.32. The van der Waals surface area contributed by atoms with Gasteiger partial charge in [-0.2, -0.15) is 0 Å². The van der Waals surface area contributed by atoms with E-state index in [-0.39, 0.29) is 18.0 Å². The lowest BCUT2D eigenvalue weighted by Gasteiger charge is -2.18. The van der Waals surface area contributed by atoms with Gasteiger partial charge in [-0.3, -0.25) is 9.10 Å². The summed E-state index contributed by atoms with van der Waals surface area (Å²) in [6.45, 7) is -0.313. The molecule has 4 aromatic carbocycles. The van der Waals surface area contributed by atoms with Gasteiger partial charge in [-0.1, -0.05) is 42.5 Å². The van der Waals surface area contributed by atoms with Gasteiger partial charge in [0, 0.05) is 5.39 Å². The molecule has 0 N–H and O–H groups in total. The Morgan fingerprint density at radius 2 is 1.65 bits per heavy atom. The molecule has 0 saturated carbocycles. The third-order valence-corrected chi connectivity index (χ3v) is 7.27. The summed E-state index contributed by atoms with van der Waals surface area (Å²) in [6, 6.07) is 22.0. The maximum absolute atomic E-state index is 13.0. The number of ether oxygens (including phenoxy) is 2. The zero-order chi connectivity index (χ0) is 21.6. The third-order valence-electron chi connectivity index (χ3n) is 5.47. The zero-order valence-corrected chi connectivity index (χ0v) is 17.6. The predicted molar refractivity (Wildman–Crippen MR) is 119 cm³/mol. The van der Waals surface area contributed by atoms with E-state index in [4.69, 9.17) is 9.47 Å². The average Bonchev–Trinajstić information content (AvgIpc) is 3.00. The van der Waals surface area contributed by atoms with Crippen molar-refractivity contribution in [2.75, 3.05) is 18.0 Å². The molecule has 7 heteroatoms. The van der Waals surface area contributed by atoms with Crippen LogP contribution in [0.3, 0.4) is 0 Å². The standard InChI is InChI=1S/C24H19NO5S/c1-29-20-11-10-18-12-16(8-9-19(18)13-20)15-30-23(26)14-25-21-6-2-4-17-5-3-7-22(24(17)21)31(25,27)28/h2-13H,14-15H2,1H3. The van der Waals surface area contributed by atoms with Crippen LogP contribution < -0.4 is 9.04 Å². The van der Waals surface area contributed by atoms with Gasteiger partial charge < -0.3 is 9.47 Å². The number of benzene rings is 4. The van der Waals surface area contributed by atoms with Crippen molar-refractivity contribution in [1.82, 2.24) is 0 Å². The first-order valence-corrected chi connectivity index (χ1v) is 11.2. The minimum Gasteiger partial charge on any atom is -0.497 e. The van der Waals surface area contributed by atoms with Crippen LogP contribution in [-0.4, -0.2) is 28.0 Å². The van der Waals surface area contributed by atoms with Crippen molar-refractivity contribution in [3.8, 4) is 5.75 Å². The summed E-state index contributed by atoms with van der Waals surface area (Å²) in [6.07, 6.45) is 0. The fourth-order valence-corrected chi connectivity index (χ4v) is 5.60. The molecule has 0 bridgehead atoms. The van der Waals surface area contributed by atoms with Crippen LogP contribution in [0, 0.1) is 0 Å². The Morgan fingerprint density at radius 1 is 0.903 bits per heavy atom. The normalized spacial score (nSPS) is 14.2. The summed E-state index contributed by atoms with van der Waals surface area (Å²) < 4.78 is 37.7. The third kappa shape index (κ3) is 3.27. The van der Waals surface area contributed by atoms with Crippen LogP contribution in [0.1, 0.15) is 5.56 Å². The Kier molecular flexibility index (Phi) is 4.55. The molecule has 1 aliphatic heterocycles. The fourth-order valence-electron chi connectivity index (χ4n) is 3.95. The molecule has 1 heterocycles. The molecular formula is C24H19NO5S. The second-order valence-corrected chi connectivity index (χ2v) is 9.18. The number of hydrogen-bond donors (Lipinski definition) is 0. The van der Waals surface area contributed by atoms with Crippen molar-refractivity contribution in [2.45, 2.75) is 11.5 Å². The van der Waals surface area contributed by atoms with Crippen LogP contribution in [0.15, 0.2) is 77.7 Å². The number of rotatable bonds is 5. The van der Waals surface area contributed by atoms with Crippen LogP contribution in [0.4, 0.5) is 5.69 Å². The average molecular weight is 433 g/mol. The molecule has 0 radical (unpaired) electrons. The molecule has 0 atom stereocenters. The van der Waals surface area contributed by atoms with Crippen molar-refractivity contribution in [3.63, 3.8) is 0 Å². The van der Waals surface area contributed by atoms with Crippen LogP contribution in [0.2, 0.25) is 0 Å². The number of carbonyl (C=O) groups excluding carboxylic acids is 1. The van der Waals surface area contributed by atoms with Gasteiger partial charge in [0.15, 0.2) is 0 Å². The SMILES string of the molecule is COc1ccc2cc(COC(=O)CN3c4cccc5cccc(c45)S3(=O)=O)ccc2c1.